The van der Waals surface area contributed by atoms with Crippen LogP contribution in [0.2, 0.25) is 0 Å². The van der Waals surface area contributed by atoms with Crippen LogP contribution in [-0.2, 0) is 6.42 Å². The molecule has 1 fully saturated rings. The Kier molecular flexibility index (Phi) is 9.84. The second-order valence-corrected chi connectivity index (χ2v) is 13.7. The van der Waals surface area contributed by atoms with E-state index in [9.17, 15) is 0 Å². The van der Waals surface area contributed by atoms with Gasteiger partial charge in [0.15, 0.2) is 0 Å². The third-order valence-corrected chi connectivity index (χ3v) is 10.8. The Morgan fingerprint density at radius 3 is 1.67 bits per heavy atom. The molecular formula is C35H47P. The van der Waals surface area contributed by atoms with Gasteiger partial charge < -0.3 is 0 Å². The summed E-state index contributed by atoms with van der Waals surface area (Å²) in [6.07, 6.45) is 16.3. The van der Waals surface area contributed by atoms with E-state index in [4.69, 9.17) is 0 Å². The topological polar surface area (TPSA) is 0 Å². The molecule has 4 rings (SSSR count). The van der Waals surface area contributed by atoms with Crippen LogP contribution in [0.25, 0.3) is 22.3 Å². The minimum atomic E-state index is -0.0499. The molecule has 3 aromatic rings. The van der Waals surface area contributed by atoms with E-state index in [-0.39, 0.29) is 7.92 Å². The molecule has 192 valence electrons. The Balaban J connectivity index is 1.87. The number of aryl methyl sites for hydroxylation is 4. The van der Waals surface area contributed by atoms with E-state index in [1.807, 2.05) is 0 Å². The number of unbranched alkanes of at least 4 members (excludes halogenated alkanes) is 5. The normalized spacial score (nSPS) is 14.4. The zero-order valence-corrected chi connectivity index (χ0v) is 24.4. The molecule has 0 N–H and O–H groups in total. The van der Waals surface area contributed by atoms with Crippen molar-refractivity contribution in [2.45, 2.75) is 98.8 Å². The Bertz CT molecular complexity index is 1080. The highest BCUT2D eigenvalue weighted by Gasteiger charge is 2.21. The van der Waals surface area contributed by atoms with Gasteiger partial charge in [0.05, 0.1) is 0 Å². The van der Waals surface area contributed by atoms with Gasteiger partial charge in [-0.25, -0.2) is 0 Å². The highest BCUT2D eigenvalue weighted by Crippen LogP contribution is 2.45. The van der Waals surface area contributed by atoms with Crippen molar-refractivity contribution in [3.63, 3.8) is 0 Å². The van der Waals surface area contributed by atoms with Crippen LogP contribution in [0.4, 0.5) is 0 Å². The van der Waals surface area contributed by atoms with Crippen molar-refractivity contribution < 1.29 is 0 Å². The average Bonchev–Trinajstić information content (AvgIpc) is 2.89. The third-order valence-electron chi connectivity index (χ3n) is 8.10. The fourth-order valence-electron chi connectivity index (χ4n) is 5.88. The van der Waals surface area contributed by atoms with Crippen molar-refractivity contribution in [2.75, 3.05) is 12.3 Å². The Hall–Kier alpha value is -1.91. The molecular weight excluding hydrogens is 451 g/mol. The largest absolute Gasteiger partial charge is 0.0753 e. The van der Waals surface area contributed by atoms with Crippen LogP contribution < -0.4 is 5.30 Å². The Morgan fingerprint density at radius 2 is 1.11 bits per heavy atom. The highest BCUT2D eigenvalue weighted by molar-refractivity contribution is 7.65. The molecule has 1 saturated heterocycles. The molecule has 0 unspecified atom stereocenters. The van der Waals surface area contributed by atoms with Gasteiger partial charge in [0.2, 0.25) is 0 Å². The van der Waals surface area contributed by atoms with Gasteiger partial charge >= 0.3 is 0 Å². The molecule has 0 nitrogen and oxygen atoms in total. The smallest absolute Gasteiger partial charge is 0.0137 e. The van der Waals surface area contributed by atoms with Crippen LogP contribution in [0.5, 0.6) is 0 Å². The van der Waals surface area contributed by atoms with Crippen LogP contribution in [-0.4, -0.2) is 12.3 Å². The monoisotopic (exact) mass is 498 g/mol. The first kappa shape index (κ1) is 27.1. The average molecular weight is 499 g/mol. The molecule has 3 aromatic carbocycles. The minimum Gasteiger partial charge on any atom is -0.0753 e. The summed E-state index contributed by atoms with van der Waals surface area (Å²) in [5, 5.41) is 1.64. The number of hydrogen-bond acceptors (Lipinski definition) is 0. The maximum absolute atomic E-state index is 2.64. The summed E-state index contributed by atoms with van der Waals surface area (Å²) < 4.78 is 0. The Morgan fingerprint density at radius 1 is 0.583 bits per heavy atom. The fraction of sp³-hybridized carbons (Fsp3) is 0.486. The molecule has 0 saturated carbocycles. The molecule has 0 amide bonds. The maximum atomic E-state index is 2.64. The lowest BCUT2D eigenvalue weighted by Gasteiger charge is -2.27. The van der Waals surface area contributed by atoms with Crippen LogP contribution >= 0.6 is 7.92 Å². The van der Waals surface area contributed by atoms with E-state index >= 15 is 0 Å². The minimum absolute atomic E-state index is 0.0499. The van der Waals surface area contributed by atoms with Crippen molar-refractivity contribution in [3.05, 3.63) is 76.3 Å². The van der Waals surface area contributed by atoms with Crippen molar-refractivity contribution in [2.24, 2.45) is 0 Å². The van der Waals surface area contributed by atoms with Crippen molar-refractivity contribution in [1.29, 1.82) is 0 Å². The molecule has 0 atom stereocenters. The molecule has 1 heteroatoms. The molecule has 0 bridgehead atoms. The third kappa shape index (κ3) is 6.69. The number of hydrogen-bond donors (Lipinski definition) is 0. The molecule has 36 heavy (non-hydrogen) atoms. The predicted molar refractivity (Wildman–Crippen MR) is 163 cm³/mol. The summed E-state index contributed by atoms with van der Waals surface area (Å²) in [6.45, 7) is 11.4. The lowest BCUT2D eigenvalue weighted by molar-refractivity contribution is 0.608. The molecule has 0 spiro atoms. The first-order chi connectivity index (χ1) is 17.5. The van der Waals surface area contributed by atoms with E-state index in [1.165, 1.54) is 121 Å². The van der Waals surface area contributed by atoms with Crippen LogP contribution in [0, 0.1) is 27.7 Å². The highest BCUT2D eigenvalue weighted by atomic mass is 31.1. The summed E-state index contributed by atoms with van der Waals surface area (Å²) in [5.74, 6) is 0. The lowest BCUT2D eigenvalue weighted by atomic mass is 9.85. The summed E-state index contributed by atoms with van der Waals surface area (Å²) in [6, 6.07) is 19.4. The van der Waals surface area contributed by atoms with Gasteiger partial charge in [-0.3, -0.25) is 0 Å². The van der Waals surface area contributed by atoms with Crippen molar-refractivity contribution >= 4 is 13.2 Å². The maximum Gasteiger partial charge on any atom is -0.0137 e. The van der Waals surface area contributed by atoms with Gasteiger partial charge in [-0.1, -0.05) is 101 Å². The molecule has 0 aromatic heterocycles. The zero-order chi connectivity index (χ0) is 25.5. The molecule has 0 radical (unpaired) electrons. The first-order valence-electron chi connectivity index (χ1n) is 14.5. The van der Waals surface area contributed by atoms with E-state index in [0.717, 1.165) is 0 Å². The Labute approximate surface area is 222 Å². The van der Waals surface area contributed by atoms with E-state index in [2.05, 4.69) is 83.1 Å². The number of benzene rings is 3. The van der Waals surface area contributed by atoms with Gasteiger partial charge in [0.25, 0.3) is 0 Å². The van der Waals surface area contributed by atoms with Gasteiger partial charge in [-0.15, -0.1) is 0 Å². The van der Waals surface area contributed by atoms with E-state index < -0.39 is 0 Å². The first-order valence-corrected chi connectivity index (χ1v) is 16.3. The summed E-state index contributed by atoms with van der Waals surface area (Å²) >= 11 is 0. The van der Waals surface area contributed by atoms with Crippen molar-refractivity contribution in [3.8, 4) is 22.3 Å². The van der Waals surface area contributed by atoms with Gasteiger partial charge in [0.1, 0.15) is 0 Å². The van der Waals surface area contributed by atoms with E-state index in [1.54, 1.807) is 10.9 Å². The van der Waals surface area contributed by atoms with E-state index in [0.29, 0.717) is 0 Å². The summed E-state index contributed by atoms with van der Waals surface area (Å²) in [4.78, 5) is 0. The van der Waals surface area contributed by atoms with Crippen LogP contribution in [0.1, 0.15) is 92.5 Å². The number of rotatable bonds is 10. The van der Waals surface area contributed by atoms with Crippen LogP contribution in [0.3, 0.4) is 0 Å². The molecule has 1 aliphatic heterocycles. The standard InChI is InChI=1S/C35H47P/c1-6-7-8-9-10-12-15-31-34(32-22-26(2)16-18-28(32)4)24-30(36-20-13-11-14-21-36)25-35(31)33-23-27(3)17-19-29(33)5/h16-19,22-25H,6-15,20-21H2,1-5H3. The zero-order valence-electron chi connectivity index (χ0n) is 23.6. The van der Waals surface area contributed by atoms with Gasteiger partial charge in [-0.05, 0) is 122 Å². The second-order valence-electron chi connectivity index (χ2n) is 11.2. The fourth-order valence-corrected chi connectivity index (χ4v) is 8.45. The molecule has 1 heterocycles. The van der Waals surface area contributed by atoms with Gasteiger partial charge in [-0.2, -0.15) is 0 Å². The summed E-state index contributed by atoms with van der Waals surface area (Å²) in [7, 11) is -0.0499. The second kappa shape index (κ2) is 13.1. The SMILES string of the molecule is CCCCCCCCc1c(-c2cc(C)ccc2C)cc(P2CCCCC2)cc1-c1cc(C)ccc1C. The van der Waals surface area contributed by atoms with Crippen molar-refractivity contribution in [1.82, 2.24) is 0 Å². The lowest BCUT2D eigenvalue weighted by Crippen LogP contribution is -2.13. The molecule has 0 aliphatic carbocycles. The van der Waals surface area contributed by atoms with Crippen LogP contribution in [0.15, 0.2) is 48.5 Å². The summed E-state index contributed by atoms with van der Waals surface area (Å²) in [5.41, 5.74) is 13.1. The predicted octanol–water partition coefficient (Wildman–Crippen LogP) is 10.4. The molecule has 1 aliphatic rings. The quantitative estimate of drug-likeness (QED) is 0.193. The van der Waals surface area contributed by atoms with Gasteiger partial charge in [0, 0.05) is 0 Å².